The van der Waals surface area contributed by atoms with Crippen LogP contribution in [0.4, 0.5) is 14.6 Å². The second-order valence-corrected chi connectivity index (χ2v) is 7.86. The fraction of sp³-hybridized carbons (Fsp3) is 0.412. The van der Waals surface area contributed by atoms with Gasteiger partial charge in [0.05, 0.1) is 0 Å². The Balaban J connectivity index is 1.59. The zero-order valence-corrected chi connectivity index (χ0v) is 15.6. The molecule has 0 amide bonds. The lowest BCUT2D eigenvalue weighted by atomic mass is 10.3. The van der Waals surface area contributed by atoms with E-state index in [9.17, 15) is 17.2 Å². The van der Waals surface area contributed by atoms with Gasteiger partial charge in [0.2, 0.25) is 15.9 Å². The molecule has 1 N–H and O–H groups in total. The maximum atomic E-state index is 13.6. The molecule has 146 valence electrons. The van der Waals surface area contributed by atoms with Gasteiger partial charge in [0.1, 0.15) is 34.8 Å². The van der Waals surface area contributed by atoms with Crippen molar-refractivity contribution < 1.29 is 21.9 Å². The number of nitrogens with one attached hydrogen (secondary N) is 1. The van der Waals surface area contributed by atoms with E-state index in [1.54, 1.807) is 13.0 Å². The summed E-state index contributed by atoms with van der Waals surface area (Å²) in [6.07, 6.45) is 2.22. The Labute approximate surface area is 156 Å². The number of rotatable bonds is 7. The van der Waals surface area contributed by atoms with Crippen LogP contribution < -0.4 is 14.4 Å². The molecule has 1 aliphatic rings. The molecule has 0 atom stereocenters. The molecule has 0 spiro atoms. The highest BCUT2D eigenvalue weighted by molar-refractivity contribution is 7.89. The summed E-state index contributed by atoms with van der Waals surface area (Å²) < 4.78 is 58.7. The Morgan fingerprint density at radius 3 is 2.67 bits per heavy atom. The third kappa shape index (κ3) is 4.89. The number of benzene rings is 1. The van der Waals surface area contributed by atoms with Gasteiger partial charge in [0, 0.05) is 25.7 Å². The Hall–Kier alpha value is -2.33. The topological polar surface area (TPSA) is 84.4 Å². The van der Waals surface area contributed by atoms with Crippen LogP contribution in [0.15, 0.2) is 29.2 Å². The number of ether oxygens (including phenoxy) is 1. The van der Waals surface area contributed by atoms with Gasteiger partial charge in [-0.1, -0.05) is 0 Å². The molecule has 1 aromatic carbocycles. The molecule has 10 heteroatoms. The first-order valence-corrected chi connectivity index (χ1v) is 10.0. The maximum absolute atomic E-state index is 13.6. The quantitative estimate of drug-likeness (QED) is 0.719. The van der Waals surface area contributed by atoms with Crippen LogP contribution in [0.2, 0.25) is 0 Å². The second-order valence-electron chi connectivity index (χ2n) is 6.13. The first kappa shape index (κ1) is 19.4. The van der Waals surface area contributed by atoms with Crippen LogP contribution in [0.5, 0.6) is 5.88 Å². The van der Waals surface area contributed by atoms with Crippen molar-refractivity contribution in [1.29, 1.82) is 0 Å². The number of halogens is 2. The number of hydrogen-bond acceptors (Lipinski definition) is 6. The molecular formula is C17H20F2N4O3S. The Kier molecular flexibility index (Phi) is 5.85. The molecule has 0 aliphatic carbocycles. The predicted molar refractivity (Wildman–Crippen MR) is 95.3 cm³/mol. The molecule has 2 aromatic rings. The molecule has 0 saturated carbocycles. The Morgan fingerprint density at radius 2 is 1.93 bits per heavy atom. The molecule has 7 nitrogen and oxygen atoms in total. The largest absolute Gasteiger partial charge is 0.476 e. The smallest absolute Gasteiger partial charge is 0.243 e. The summed E-state index contributed by atoms with van der Waals surface area (Å²) in [5.41, 5.74) is 0. The summed E-state index contributed by atoms with van der Waals surface area (Å²) >= 11 is 0. The number of anilines is 1. The van der Waals surface area contributed by atoms with Gasteiger partial charge in [0.25, 0.3) is 0 Å². The molecule has 2 heterocycles. The van der Waals surface area contributed by atoms with E-state index < -0.39 is 26.6 Å². The van der Waals surface area contributed by atoms with Crippen molar-refractivity contribution in [3.8, 4) is 5.88 Å². The van der Waals surface area contributed by atoms with E-state index in [2.05, 4.69) is 19.6 Å². The molecule has 1 fully saturated rings. The zero-order valence-electron chi connectivity index (χ0n) is 14.8. The van der Waals surface area contributed by atoms with Crippen molar-refractivity contribution in [2.75, 3.05) is 31.1 Å². The highest BCUT2D eigenvalue weighted by Crippen LogP contribution is 2.21. The van der Waals surface area contributed by atoms with Gasteiger partial charge in [-0.05, 0) is 38.0 Å². The van der Waals surface area contributed by atoms with Crippen LogP contribution in [0.25, 0.3) is 0 Å². The highest BCUT2D eigenvalue weighted by Gasteiger charge is 2.20. The van der Waals surface area contributed by atoms with Gasteiger partial charge in [-0.15, -0.1) is 0 Å². The average molecular weight is 398 g/mol. The van der Waals surface area contributed by atoms with E-state index in [0.29, 0.717) is 17.8 Å². The van der Waals surface area contributed by atoms with Crippen molar-refractivity contribution in [3.63, 3.8) is 0 Å². The molecule has 1 saturated heterocycles. The molecule has 0 bridgehead atoms. The molecule has 1 aromatic heterocycles. The van der Waals surface area contributed by atoms with Gasteiger partial charge >= 0.3 is 0 Å². The van der Waals surface area contributed by atoms with Crippen LogP contribution in [0.1, 0.15) is 18.7 Å². The van der Waals surface area contributed by atoms with E-state index in [1.165, 1.54) is 0 Å². The van der Waals surface area contributed by atoms with E-state index in [4.69, 9.17) is 4.74 Å². The van der Waals surface area contributed by atoms with Gasteiger partial charge < -0.3 is 9.64 Å². The van der Waals surface area contributed by atoms with Gasteiger partial charge in [-0.2, -0.15) is 4.98 Å². The van der Waals surface area contributed by atoms with Crippen LogP contribution >= 0.6 is 0 Å². The number of aromatic nitrogens is 2. The number of nitrogens with zero attached hydrogens (tertiary/aromatic N) is 3. The second kappa shape index (κ2) is 8.13. The van der Waals surface area contributed by atoms with Crippen molar-refractivity contribution >= 4 is 15.8 Å². The Morgan fingerprint density at radius 1 is 1.19 bits per heavy atom. The lowest BCUT2D eigenvalue weighted by Gasteiger charge is -2.17. The fourth-order valence-corrected chi connectivity index (χ4v) is 3.90. The minimum atomic E-state index is -4.18. The fourth-order valence-electron chi connectivity index (χ4n) is 2.80. The lowest BCUT2D eigenvalue weighted by molar-refractivity contribution is 0.309. The standard InChI is InChI=1S/C17H20F2N4O3S/c1-12-21-16(23-7-2-3-8-23)11-17(22-12)26-9-6-20-27(24,25)15-10-13(18)4-5-14(15)19/h4-5,10-11,20H,2-3,6-9H2,1H3. The van der Waals surface area contributed by atoms with Crippen molar-refractivity contribution in [3.05, 3.63) is 41.7 Å². The van der Waals surface area contributed by atoms with E-state index in [0.717, 1.165) is 43.9 Å². The van der Waals surface area contributed by atoms with Crippen LogP contribution in [0, 0.1) is 18.6 Å². The molecule has 3 rings (SSSR count). The lowest BCUT2D eigenvalue weighted by Crippen LogP contribution is -2.29. The minimum Gasteiger partial charge on any atom is -0.476 e. The van der Waals surface area contributed by atoms with Crippen LogP contribution in [-0.4, -0.2) is 44.6 Å². The van der Waals surface area contributed by atoms with Crippen LogP contribution in [0.3, 0.4) is 0 Å². The van der Waals surface area contributed by atoms with Crippen molar-refractivity contribution in [2.45, 2.75) is 24.7 Å². The van der Waals surface area contributed by atoms with Gasteiger partial charge in [-0.25, -0.2) is 26.9 Å². The van der Waals surface area contributed by atoms with E-state index in [-0.39, 0.29) is 13.2 Å². The summed E-state index contributed by atoms with van der Waals surface area (Å²) in [7, 11) is -4.18. The third-order valence-corrected chi connectivity index (χ3v) is 5.53. The SMILES string of the molecule is Cc1nc(OCCNS(=O)(=O)c2cc(F)ccc2F)cc(N2CCCC2)n1. The number of sulfonamides is 1. The first-order valence-electron chi connectivity index (χ1n) is 8.53. The number of hydrogen-bond donors (Lipinski definition) is 1. The molecule has 1 aliphatic heterocycles. The third-order valence-electron chi connectivity index (χ3n) is 4.06. The highest BCUT2D eigenvalue weighted by atomic mass is 32.2. The molecule has 27 heavy (non-hydrogen) atoms. The minimum absolute atomic E-state index is 0.0218. The summed E-state index contributed by atoms with van der Waals surface area (Å²) in [6, 6.07) is 3.96. The van der Waals surface area contributed by atoms with Crippen molar-refractivity contribution in [1.82, 2.24) is 14.7 Å². The van der Waals surface area contributed by atoms with Crippen LogP contribution in [-0.2, 0) is 10.0 Å². The van der Waals surface area contributed by atoms with E-state index >= 15 is 0 Å². The maximum Gasteiger partial charge on any atom is 0.243 e. The predicted octanol–water partition coefficient (Wildman–Crippen LogP) is 2.02. The number of aryl methyl sites for hydroxylation is 1. The van der Waals surface area contributed by atoms with Crippen molar-refractivity contribution in [2.24, 2.45) is 0 Å². The summed E-state index contributed by atoms with van der Waals surface area (Å²) in [4.78, 5) is 9.96. The molecule has 0 unspecified atom stereocenters. The van der Waals surface area contributed by atoms with Gasteiger partial charge in [0.15, 0.2) is 0 Å². The summed E-state index contributed by atoms with van der Waals surface area (Å²) in [6.45, 7) is 3.46. The molecular weight excluding hydrogens is 378 g/mol. The van der Waals surface area contributed by atoms with Gasteiger partial charge in [-0.3, -0.25) is 0 Å². The zero-order chi connectivity index (χ0) is 19.4. The summed E-state index contributed by atoms with van der Waals surface area (Å²) in [5, 5.41) is 0. The summed E-state index contributed by atoms with van der Waals surface area (Å²) in [5.74, 6) is -0.194. The monoisotopic (exact) mass is 398 g/mol. The Bertz CT molecular complexity index is 918. The van der Waals surface area contributed by atoms with E-state index in [1.807, 2.05) is 0 Å². The molecule has 0 radical (unpaired) electrons. The average Bonchev–Trinajstić information content (AvgIpc) is 3.15. The first-order chi connectivity index (χ1) is 12.8. The normalized spacial score (nSPS) is 14.6.